The van der Waals surface area contributed by atoms with Crippen molar-refractivity contribution in [1.29, 1.82) is 0 Å². The van der Waals surface area contributed by atoms with Crippen LogP contribution >= 0.6 is 0 Å². The Kier molecular flexibility index (Phi) is 4.01. The molecule has 0 atom stereocenters. The van der Waals surface area contributed by atoms with E-state index in [4.69, 9.17) is 0 Å². The molecule has 1 aliphatic carbocycles. The van der Waals surface area contributed by atoms with Gasteiger partial charge in [0.1, 0.15) is 5.69 Å². The summed E-state index contributed by atoms with van der Waals surface area (Å²) in [7, 11) is 0. The van der Waals surface area contributed by atoms with Crippen LogP contribution in [0.15, 0.2) is 48.8 Å². The van der Waals surface area contributed by atoms with E-state index >= 15 is 0 Å². The lowest BCUT2D eigenvalue weighted by molar-refractivity contribution is 0.0946. The van der Waals surface area contributed by atoms with Crippen LogP contribution in [0.1, 0.15) is 35.8 Å². The minimum absolute atomic E-state index is 0.181. The van der Waals surface area contributed by atoms with Crippen LogP contribution in [0.3, 0.4) is 0 Å². The summed E-state index contributed by atoms with van der Waals surface area (Å²) in [6, 6.07) is 12.1. The molecule has 0 bridgehead atoms. The van der Waals surface area contributed by atoms with Crippen LogP contribution in [-0.4, -0.2) is 31.9 Å². The van der Waals surface area contributed by atoms with Crippen LogP contribution in [0.5, 0.6) is 0 Å². The Hall–Kier alpha value is -3.02. The molecule has 1 amide bonds. The highest BCUT2D eigenvalue weighted by Gasteiger charge is 2.28. The van der Waals surface area contributed by atoms with Crippen LogP contribution in [0.4, 0.5) is 0 Å². The van der Waals surface area contributed by atoms with E-state index in [0.29, 0.717) is 11.4 Å². The van der Waals surface area contributed by atoms with Gasteiger partial charge in [0.2, 0.25) is 0 Å². The molecule has 6 heteroatoms. The third-order valence-electron chi connectivity index (χ3n) is 4.30. The third-order valence-corrected chi connectivity index (χ3v) is 4.30. The van der Waals surface area contributed by atoms with Crippen molar-refractivity contribution in [2.75, 3.05) is 0 Å². The standard InChI is InChI=1S/C19H19N5O/c1-2-13-5-3-7-16(11-13)24-18(14-6-4-10-20-12-14)17(22-23-24)19(25)21-15-8-9-15/h3-7,10-12,15H,2,8-9H2,1H3,(H,21,25). The molecule has 0 aliphatic heterocycles. The highest BCUT2D eigenvalue weighted by Crippen LogP contribution is 2.26. The number of hydrogen-bond donors (Lipinski definition) is 1. The van der Waals surface area contributed by atoms with Gasteiger partial charge in [0, 0.05) is 24.0 Å². The summed E-state index contributed by atoms with van der Waals surface area (Å²) in [5, 5.41) is 11.4. The number of aryl methyl sites for hydroxylation is 1. The number of carbonyl (C=O) groups is 1. The lowest BCUT2D eigenvalue weighted by Crippen LogP contribution is -2.26. The number of nitrogens with zero attached hydrogens (tertiary/aromatic N) is 4. The van der Waals surface area contributed by atoms with Gasteiger partial charge in [0.15, 0.2) is 5.69 Å². The molecule has 4 rings (SSSR count). The van der Waals surface area contributed by atoms with Gasteiger partial charge in [-0.15, -0.1) is 5.10 Å². The second-order valence-electron chi connectivity index (χ2n) is 6.21. The van der Waals surface area contributed by atoms with Gasteiger partial charge in [0.05, 0.1) is 5.69 Å². The summed E-state index contributed by atoms with van der Waals surface area (Å²) < 4.78 is 1.72. The van der Waals surface area contributed by atoms with Crippen LogP contribution in [-0.2, 0) is 6.42 Å². The van der Waals surface area contributed by atoms with E-state index in [9.17, 15) is 4.79 Å². The normalized spacial score (nSPS) is 13.6. The molecule has 25 heavy (non-hydrogen) atoms. The van der Waals surface area contributed by atoms with Crippen LogP contribution < -0.4 is 5.32 Å². The van der Waals surface area contributed by atoms with E-state index in [2.05, 4.69) is 39.7 Å². The maximum absolute atomic E-state index is 12.6. The van der Waals surface area contributed by atoms with Crippen LogP contribution in [0.2, 0.25) is 0 Å². The zero-order valence-electron chi connectivity index (χ0n) is 14.0. The largest absolute Gasteiger partial charge is 0.348 e. The van der Waals surface area contributed by atoms with Gasteiger partial charge < -0.3 is 5.32 Å². The van der Waals surface area contributed by atoms with Gasteiger partial charge in [-0.05, 0) is 49.1 Å². The van der Waals surface area contributed by atoms with E-state index in [-0.39, 0.29) is 11.9 Å². The van der Waals surface area contributed by atoms with Crippen LogP contribution in [0, 0.1) is 0 Å². The first kappa shape index (κ1) is 15.5. The summed E-state index contributed by atoms with van der Waals surface area (Å²) in [4.78, 5) is 16.8. The number of amides is 1. The summed E-state index contributed by atoms with van der Waals surface area (Å²) in [5.74, 6) is -0.181. The Morgan fingerprint density at radius 2 is 2.16 bits per heavy atom. The van der Waals surface area contributed by atoms with E-state index in [1.807, 2.05) is 24.3 Å². The van der Waals surface area contributed by atoms with Crippen molar-refractivity contribution >= 4 is 5.91 Å². The van der Waals surface area contributed by atoms with E-state index in [1.165, 1.54) is 5.56 Å². The second-order valence-corrected chi connectivity index (χ2v) is 6.21. The molecule has 1 aliphatic rings. The highest BCUT2D eigenvalue weighted by molar-refractivity contribution is 5.98. The molecule has 3 aromatic rings. The molecule has 0 saturated heterocycles. The average Bonchev–Trinajstić information content (AvgIpc) is 3.36. The zero-order valence-corrected chi connectivity index (χ0v) is 14.0. The second kappa shape index (κ2) is 6.47. The molecule has 2 heterocycles. The maximum Gasteiger partial charge on any atom is 0.274 e. The van der Waals surface area contributed by atoms with Gasteiger partial charge in [-0.25, -0.2) is 4.68 Å². The van der Waals surface area contributed by atoms with Crippen molar-refractivity contribution in [3.05, 3.63) is 60.0 Å². The third kappa shape index (κ3) is 3.15. The Morgan fingerprint density at radius 1 is 1.28 bits per heavy atom. The number of hydrogen-bond acceptors (Lipinski definition) is 4. The molecule has 1 N–H and O–H groups in total. The fourth-order valence-electron chi connectivity index (χ4n) is 2.77. The number of nitrogens with one attached hydrogen (secondary N) is 1. The summed E-state index contributed by atoms with van der Waals surface area (Å²) in [5.41, 5.74) is 3.90. The summed E-state index contributed by atoms with van der Waals surface area (Å²) >= 11 is 0. The van der Waals surface area contributed by atoms with Crippen molar-refractivity contribution in [3.8, 4) is 16.9 Å². The average molecular weight is 333 g/mol. The number of rotatable bonds is 5. The number of carbonyl (C=O) groups excluding carboxylic acids is 1. The lowest BCUT2D eigenvalue weighted by atomic mass is 10.1. The molecule has 0 radical (unpaired) electrons. The summed E-state index contributed by atoms with van der Waals surface area (Å²) in [6.07, 6.45) is 6.42. The van der Waals surface area contributed by atoms with E-state index in [0.717, 1.165) is 30.5 Å². The molecular weight excluding hydrogens is 314 g/mol. The minimum atomic E-state index is -0.181. The first-order valence-electron chi connectivity index (χ1n) is 8.52. The first-order valence-corrected chi connectivity index (χ1v) is 8.52. The van der Waals surface area contributed by atoms with Crippen molar-refractivity contribution in [1.82, 2.24) is 25.3 Å². The number of aromatic nitrogens is 4. The fraction of sp³-hybridized carbons (Fsp3) is 0.263. The molecule has 0 spiro atoms. The zero-order chi connectivity index (χ0) is 17.2. The highest BCUT2D eigenvalue weighted by atomic mass is 16.2. The molecular formula is C19H19N5O. The molecule has 2 aromatic heterocycles. The van der Waals surface area contributed by atoms with Crippen molar-refractivity contribution in [3.63, 3.8) is 0 Å². The number of pyridine rings is 1. The fourth-order valence-corrected chi connectivity index (χ4v) is 2.77. The predicted molar refractivity (Wildman–Crippen MR) is 94.5 cm³/mol. The lowest BCUT2D eigenvalue weighted by Gasteiger charge is -2.09. The molecule has 1 aromatic carbocycles. The molecule has 6 nitrogen and oxygen atoms in total. The van der Waals surface area contributed by atoms with Crippen molar-refractivity contribution < 1.29 is 4.79 Å². The summed E-state index contributed by atoms with van der Waals surface area (Å²) in [6.45, 7) is 2.11. The Balaban J connectivity index is 1.83. The predicted octanol–water partition coefficient (Wildman–Crippen LogP) is 2.78. The monoisotopic (exact) mass is 333 g/mol. The Labute approximate surface area is 145 Å². The molecule has 1 saturated carbocycles. The van der Waals surface area contributed by atoms with Gasteiger partial charge in [-0.1, -0.05) is 24.3 Å². The molecule has 126 valence electrons. The van der Waals surface area contributed by atoms with Gasteiger partial charge >= 0.3 is 0 Å². The smallest absolute Gasteiger partial charge is 0.274 e. The maximum atomic E-state index is 12.6. The quantitative estimate of drug-likeness (QED) is 0.779. The molecule has 1 fully saturated rings. The van der Waals surface area contributed by atoms with Gasteiger partial charge in [-0.3, -0.25) is 9.78 Å². The minimum Gasteiger partial charge on any atom is -0.348 e. The van der Waals surface area contributed by atoms with Crippen molar-refractivity contribution in [2.24, 2.45) is 0 Å². The topological polar surface area (TPSA) is 72.7 Å². The number of benzene rings is 1. The Bertz CT molecular complexity index is 899. The Morgan fingerprint density at radius 3 is 2.88 bits per heavy atom. The SMILES string of the molecule is CCc1cccc(-n2nnc(C(=O)NC3CC3)c2-c2cccnc2)c1. The molecule has 0 unspecified atom stereocenters. The first-order chi connectivity index (χ1) is 12.3. The van der Waals surface area contributed by atoms with Gasteiger partial charge in [-0.2, -0.15) is 0 Å². The van der Waals surface area contributed by atoms with E-state index < -0.39 is 0 Å². The van der Waals surface area contributed by atoms with Crippen molar-refractivity contribution in [2.45, 2.75) is 32.2 Å². The van der Waals surface area contributed by atoms with Gasteiger partial charge in [0.25, 0.3) is 5.91 Å². The van der Waals surface area contributed by atoms with E-state index in [1.54, 1.807) is 17.1 Å². The van der Waals surface area contributed by atoms with Crippen LogP contribution in [0.25, 0.3) is 16.9 Å².